The van der Waals surface area contributed by atoms with Gasteiger partial charge in [0.2, 0.25) is 0 Å². The lowest BCUT2D eigenvalue weighted by Crippen LogP contribution is -2.57. The van der Waals surface area contributed by atoms with E-state index in [1.165, 1.54) is 0 Å². The molecule has 32 heavy (non-hydrogen) atoms. The van der Waals surface area contributed by atoms with Crippen molar-refractivity contribution in [3.05, 3.63) is 47.7 Å². The summed E-state index contributed by atoms with van der Waals surface area (Å²) in [7, 11) is 0. The van der Waals surface area contributed by atoms with Gasteiger partial charge in [0.1, 0.15) is 11.9 Å². The third-order valence-electron chi connectivity index (χ3n) is 7.07. The van der Waals surface area contributed by atoms with Crippen LogP contribution in [0.25, 0.3) is 10.9 Å². The molecule has 1 aliphatic carbocycles. The zero-order valence-corrected chi connectivity index (χ0v) is 19.0. The van der Waals surface area contributed by atoms with Crippen LogP contribution in [0.4, 0.5) is 5.82 Å². The maximum Gasteiger partial charge on any atom is 0.273 e. The fourth-order valence-electron chi connectivity index (χ4n) is 5.47. The lowest BCUT2D eigenvalue weighted by molar-refractivity contribution is -0.132. The Morgan fingerprint density at radius 1 is 1.16 bits per heavy atom. The summed E-state index contributed by atoms with van der Waals surface area (Å²) < 4.78 is 0. The van der Waals surface area contributed by atoms with Crippen LogP contribution in [0.1, 0.15) is 56.8 Å². The van der Waals surface area contributed by atoms with Crippen molar-refractivity contribution in [2.45, 2.75) is 58.0 Å². The van der Waals surface area contributed by atoms with Gasteiger partial charge in [-0.2, -0.15) is 0 Å². The first kappa shape index (κ1) is 20.9. The van der Waals surface area contributed by atoms with E-state index < -0.39 is 6.04 Å². The van der Waals surface area contributed by atoms with Crippen LogP contribution in [0.3, 0.4) is 0 Å². The molecule has 2 aromatic rings. The summed E-state index contributed by atoms with van der Waals surface area (Å²) in [5, 5.41) is 7.93. The molecule has 168 valence electrons. The van der Waals surface area contributed by atoms with E-state index >= 15 is 0 Å². The zero-order valence-electron chi connectivity index (χ0n) is 19.0. The Morgan fingerprint density at radius 2 is 1.91 bits per heavy atom. The number of piperidine rings is 1. The standard InChI is InChI=1S/C25H31N5O2/c1-24(2,3)29-15-18-13-25(8-10-27-11-9-25)14-20(31)22(18)30(29)23(32)17-4-6-19-16(12-17)5-7-21(26)28-19/h4-7,12,15,22,27H,8-11,13-14H2,1-3H3,(H2,26,28). The fraction of sp³-hybridized carbons (Fsp3) is 0.480. The molecule has 1 saturated carbocycles. The average molecular weight is 434 g/mol. The maximum absolute atomic E-state index is 13.8. The van der Waals surface area contributed by atoms with E-state index in [1.54, 1.807) is 17.1 Å². The highest BCUT2D eigenvalue weighted by Crippen LogP contribution is 2.48. The normalized spacial score (nSPS) is 22.9. The predicted octanol–water partition coefficient (Wildman–Crippen LogP) is 3.27. The van der Waals surface area contributed by atoms with Crippen molar-refractivity contribution in [2.24, 2.45) is 5.41 Å². The molecule has 1 saturated heterocycles. The van der Waals surface area contributed by atoms with Gasteiger partial charge in [-0.3, -0.25) is 14.6 Å². The number of nitrogen functional groups attached to an aromatic ring is 1. The Bertz CT molecular complexity index is 1130. The van der Waals surface area contributed by atoms with E-state index in [0.717, 1.165) is 48.8 Å². The number of hydrogen-bond acceptors (Lipinski definition) is 6. The molecule has 1 amide bonds. The van der Waals surface area contributed by atoms with E-state index in [4.69, 9.17) is 5.73 Å². The van der Waals surface area contributed by atoms with E-state index in [1.807, 2.05) is 23.2 Å². The molecule has 1 atom stereocenters. The van der Waals surface area contributed by atoms with Crippen molar-refractivity contribution in [1.29, 1.82) is 0 Å². The fourth-order valence-corrected chi connectivity index (χ4v) is 5.47. The number of rotatable bonds is 1. The second-order valence-electron chi connectivity index (χ2n) is 10.5. The van der Waals surface area contributed by atoms with Gasteiger partial charge in [-0.05, 0) is 94.4 Å². The molecule has 3 aliphatic rings. The van der Waals surface area contributed by atoms with Gasteiger partial charge in [-0.15, -0.1) is 0 Å². The number of anilines is 1. The number of ketones is 1. The first-order chi connectivity index (χ1) is 15.2. The molecule has 5 rings (SSSR count). The van der Waals surface area contributed by atoms with Gasteiger partial charge < -0.3 is 11.1 Å². The van der Waals surface area contributed by atoms with Crippen LogP contribution in [-0.2, 0) is 4.79 Å². The predicted molar refractivity (Wildman–Crippen MR) is 125 cm³/mol. The minimum Gasteiger partial charge on any atom is -0.384 e. The molecule has 1 aromatic heterocycles. The number of carbonyl (C=O) groups excluding carboxylic acids is 2. The van der Waals surface area contributed by atoms with Crippen molar-refractivity contribution in [2.75, 3.05) is 18.8 Å². The summed E-state index contributed by atoms with van der Waals surface area (Å²) in [4.78, 5) is 31.7. The van der Waals surface area contributed by atoms with Crippen molar-refractivity contribution >= 4 is 28.4 Å². The molecule has 3 N–H and O–H groups in total. The molecule has 0 bridgehead atoms. The summed E-state index contributed by atoms with van der Waals surface area (Å²) in [6, 6.07) is 8.52. The third-order valence-corrected chi connectivity index (χ3v) is 7.07. The van der Waals surface area contributed by atoms with Crippen molar-refractivity contribution in [1.82, 2.24) is 20.3 Å². The quantitative estimate of drug-likeness (QED) is 0.717. The van der Waals surface area contributed by atoms with Gasteiger partial charge in [0, 0.05) is 23.6 Å². The average Bonchev–Trinajstić information content (AvgIpc) is 3.13. The summed E-state index contributed by atoms with van der Waals surface area (Å²) in [6.45, 7) is 8.11. The topological polar surface area (TPSA) is 91.6 Å². The van der Waals surface area contributed by atoms with Gasteiger partial charge >= 0.3 is 0 Å². The number of hydrogen-bond donors (Lipinski definition) is 2. The smallest absolute Gasteiger partial charge is 0.273 e. The van der Waals surface area contributed by atoms with Gasteiger partial charge in [0.05, 0.1) is 11.1 Å². The van der Waals surface area contributed by atoms with Gasteiger partial charge in [-0.1, -0.05) is 0 Å². The second-order valence-corrected chi connectivity index (χ2v) is 10.5. The number of nitrogens with one attached hydrogen (secondary N) is 1. The Morgan fingerprint density at radius 3 is 2.62 bits per heavy atom. The van der Waals surface area contributed by atoms with Crippen LogP contribution in [-0.4, -0.2) is 51.4 Å². The lowest BCUT2D eigenvalue weighted by Gasteiger charge is -2.45. The Balaban J connectivity index is 1.52. The molecule has 1 spiro atoms. The lowest BCUT2D eigenvalue weighted by atomic mass is 9.65. The minimum absolute atomic E-state index is 0.0296. The zero-order chi connectivity index (χ0) is 22.7. The van der Waals surface area contributed by atoms with Gasteiger partial charge in [0.25, 0.3) is 5.91 Å². The first-order valence-electron chi connectivity index (χ1n) is 11.4. The molecule has 0 radical (unpaired) electrons. The second kappa shape index (κ2) is 7.30. The van der Waals surface area contributed by atoms with Crippen LogP contribution in [0.2, 0.25) is 0 Å². The molecule has 1 unspecified atom stereocenters. The van der Waals surface area contributed by atoms with Crippen molar-refractivity contribution in [3.63, 3.8) is 0 Å². The monoisotopic (exact) mass is 433 g/mol. The summed E-state index contributed by atoms with van der Waals surface area (Å²) in [5.41, 5.74) is 7.85. The number of fused-ring (bicyclic) bond motifs is 2. The highest BCUT2D eigenvalue weighted by molar-refractivity contribution is 6.02. The van der Waals surface area contributed by atoms with Crippen molar-refractivity contribution in [3.8, 4) is 0 Å². The van der Waals surface area contributed by atoms with E-state index in [2.05, 4.69) is 37.3 Å². The Hall–Kier alpha value is -2.93. The molecule has 3 heterocycles. The number of aromatic nitrogens is 1. The van der Waals surface area contributed by atoms with Crippen LogP contribution in [0.15, 0.2) is 42.1 Å². The number of benzene rings is 1. The molecule has 1 aromatic carbocycles. The number of nitrogens with two attached hydrogens (primary N) is 1. The minimum atomic E-state index is -0.512. The number of pyridine rings is 1. The Kier molecular flexibility index (Phi) is 4.78. The van der Waals surface area contributed by atoms with E-state index in [0.29, 0.717) is 17.8 Å². The molecular formula is C25H31N5O2. The van der Waals surface area contributed by atoms with E-state index in [-0.39, 0.29) is 22.6 Å². The SMILES string of the molecule is CC(C)(C)N1C=C2CC3(CCNCC3)CC(=O)C2N1C(=O)c1ccc2nc(N)ccc2c1. The number of amides is 1. The highest BCUT2D eigenvalue weighted by atomic mass is 16.2. The van der Waals surface area contributed by atoms with E-state index in [9.17, 15) is 9.59 Å². The Labute approximate surface area is 188 Å². The number of carbonyl (C=O) groups is 2. The summed E-state index contributed by atoms with van der Waals surface area (Å²) in [5.74, 6) is 0.438. The number of hydrazine groups is 1. The molecule has 7 nitrogen and oxygen atoms in total. The van der Waals surface area contributed by atoms with Gasteiger partial charge in [-0.25, -0.2) is 9.99 Å². The molecule has 2 aliphatic heterocycles. The third kappa shape index (κ3) is 3.45. The van der Waals surface area contributed by atoms with Crippen LogP contribution >= 0.6 is 0 Å². The number of nitrogens with zero attached hydrogens (tertiary/aromatic N) is 3. The summed E-state index contributed by atoms with van der Waals surface area (Å²) >= 11 is 0. The van der Waals surface area contributed by atoms with Crippen LogP contribution in [0, 0.1) is 5.41 Å². The van der Waals surface area contributed by atoms with Gasteiger partial charge in [0.15, 0.2) is 5.78 Å². The van der Waals surface area contributed by atoms with Crippen LogP contribution < -0.4 is 11.1 Å². The van der Waals surface area contributed by atoms with Crippen LogP contribution in [0.5, 0.6) is 0 Å². The van der Waals surface area contributed by atoms with Crippen molar-refractivity contribution < 1.29 is 9.59 Å². The largest absolute Gasteiger partial charge is 0.384 e. The molecule has 7 heteroatoms. The molecule has 2 fully saturated rings. The number of Topliss-reactive ketones (excluding diaryl/α,β-unsaturated/α-hetero) is 1. The maximum atomic E-state index is 13.8. The highest BCUT2D eigenvalue weighted by Gasteiger charge is 2.52. The summed E-state index contributed by atoms with van der Waals surface area (Å²) in [6.07, 6.45) is 5.49. The first-order valence-corrected chi connectivity index (χ1v) is 11.4. The molecular weight excluding hydrogens is 402 g/mol.